The summed E-state index contributed by atoms with van der Waals surface area (Å²) in [7, 11) is 0. The van der Waals surface area contributed by atoms with Crippen LogP contribution >= 0.6 is 15.9 Å². The Kier molecular flexibility index (Phi) is 5.40. The number of aromatic nitrogens is 2. The van der Waals surface area contributed by atoms with Gasteiger partial charge in [-0.25, -0.2) is 4.98 Å². The number of nitrogens with zero attached hydrogens (tertiary/aromatic N) is 3. The van der Waals surface area contributed by atoms with Gasteiger partial charge in [0.15, 0.2) is 0 Å². The number of carbonyl (C=O) groups is 1. The molecule has 1 amide bonds. The molecule has 0 N–H and O–H groups in total. The third-order valence-corrected chi connectivity index (χ3v) is 4.07. The van der Waals surface area contributed by atoms with Crippen LogP contribution in [0, 0.1) is 0 Å². The maximum absolute atomic E-state index is 12.7. The zero-order chi connectivity index (χ0) is 17.6. The van der Waals surface area contributed by atoms with Crippen molar-refractivity contribution >= 4 is 27.5 Å². The minimum atomic E-state index is -0.127. The SMILES string of the molecule is CCN(C(=O)c1ccc(Oc2ccc(Br)cc2)nc1)c1cccnc1. The molecule has 3 aromatic rings. The number of rotatable bonds is 5. The lowest BCUT2D eigenvalue weighted by atomic mass is 10.2. The van der Waals surface area contributed by atoms with Gasteiger partial charge in [-0.05, 0) is 49.4 Å². The Morgan fingerprint density at radius 1 is 1.12 bits per heavy atom. The van der Waals surface area contributed by atoms with E-state index < -0.39 is 0 Å². The molecular weight excluding hydrogens is 382 g/mol. The Balaban J connectivity index is 1.74. The Morgan fingerprint density at radius 3 is 2.52 bits per heavy atom. The minimum absolute atomic E-state index is 0.127. The Morgan fingerprint density at radius 2 is 1.92 bits per heavy atom. The molecule has 126 valence electrons. The summed E-state index contributed by atoms with van der Waals surface area (Å²) in [5.74, 6) is 0.988. The van der Waals surface area contributed by atoms with E-state index >= 15 is 0 Å². The number of halogens is 1. The first-order chi connectivity index (χ1) is 12.2. The van der Waals surface area contributed by atoms with Crippen LogP contribution in [0.4, 0.5) is 5.69 Å². The molecule has 0 saturated carbocycles. The molecule has 3 rings (SSSR count). The molecule has 0 aliphatic rings. The fourth-order valence-electron chi connectivity index (χ4n) is 2.30. The maximum Gasteiger partial charge on any atom is 0.259 e. The lowest BCUT2D eigenvalue weighted by Gasteiger charge is -2.20. The molecule has 0 radical (unpaired) electrons. The van der Waals surface area contributed by atoms with Crippen molar-refractivity contribution in [1.82, 2.24) is 9.97 Å². The largest absolute Gasteiger partial charge is 0.439 e. The molecule has 0 bridgehead atoms. The first-order valence-corrected chi connectivity index (χ1v) is 8.58. The summed E-state index contributed by atoms with van der Waals surface area (Å²) in [4.78, 5) is 22.6. The predicted molar refractivity (Wildman–Crippen MR) is 100 cm³/mol. The number of hydrogen-bond acceptors (Lipinski definition) is 4. The van der Waals surface area contributed by atoms with Gasteiger partial charge in [-0.1, -0.05) is 15.9 Å². The fourth-order valence-corrected chi connectivity index (χ4v) is 2.57. The van der Waals surface area contributed by atoms with E-state index in [0.717, 1.165) is 10.2 Å². The van der Waals surface area contributed by atoms with Crippen molar-refractivity contribution in [2.24, 2.45) is 0 Å². The number of carbonyl (C=O) groups excluding carboxylic acids is 1. The van der Waals surface area contributed by atoms with Crippen LogP contribution in [0.25, 0.3) is 0 Å². The number of pyridine rings is 2. The molecule has 5 nitrogen and oxygen atoms in total. The monoisotopic (exact) mass is 397 g/mol. The van der Waals surface area contributed by atoms with E-state index in [1.165, 1.54) is 6.20 Å². The van der Waals surface area contributed by atoms with Gasteiger partial charge in [0.05, 0.1) is 17.4 Å². The van der Waals surface area contributed by atoms with E-state index in [1.807, 2.05) is 37.3 Å². The number of hydrogen-bond donors (Lipinski definition) is 0. The Hall–Kier alpha value is -2.73. The van der Waals surface area contributed by atoms with Gasteiger partial charge < -0.3 is 9.64 Å². The molecule has 25 heavy (non-hydrogen) atoms. The van der Waals surface area contributed by atoms with E-state index in [2.05, 4.69) is 25.9 Å². The summed E-state index contributed by atoms with van der Waals surface area (Å²) in [6.45, 7) is 2.46. The lowest BCUT2D eigenvalue weighted by molar-refractivity contribution is 0.0988. The average Bonchev–Trinajstić information content (AvgIpc) is 2.66. The van der Waals surface area contributed by atoms with Crippen molar-refractivity contribution in [2.75, 3.05) is 11.4 Å². The maximum atomic E-state index is 12.7. The highest BCUT2D eigenvalue weighted by Gasteiger charge is 2.16. The van der Waals surface area contributed by atoms with Gasteiger partial charge >= 0.3 is 0 Å². The number of ether oxygens (including phenoxy) is 1. The smallest absolute Gasteiger partial charge is 0.259 e. The van der Waals surface area contributed by atoms with Gasteiger partial charge in [0.2, 0.25) is 5.88 Å². The second kappa shape index (κ2) is 7.90. The molecule has 0 atom stereocenters. The molecule has 2 heterocycles. The second-order valence-corrected chi connectivity index (χ2v) is 6.12. The summed E-state index contributed by atoms with van der Waals surface area (Å²) in [5.41, 5.74) is 1.25. The van der Waals surface area contributed by atoms with Crippen LogP contribution in [-0.2, 0) is 0 Å². The van der Waals surface area contributed by atoms with Crippen LogP contribution in [0.5, 0.6) is 11.6 Å². The van der Waals surface area contributed by atoms with Crippen LogP contribution in [-0.4, -0.2) is 22.4 Å². The van der Waals surface area contributed by atoms with Crippen LogP contribution in [0.2, 0.25) is 0 Å². The van der Waals surface area contributed by atoms with Gasteiger partial charge in [-0.15, -0.1) is 0 Å². The molecule has 0 aliphatic heterocycles. The van der Waals surface area contributed by atoms with E-state index in [4.69, 9.17) is 4.74 Å². The van der Waals surface area contributed by atoms with Gasteiger partial charge in [0.1, 0.15) is 5.75 Å². The van der Waals surface area contributed by atoms with Crippen molar-refractivity contribution in [1.29, 1.82) is 0 Å². The van der Waals surface area contributed by atoms with Crippen molar-refractivity contribution in [3.8, 4) is 11.6 Å². The summed E-state index contributed by atoms with van der Waals surface area (Å²) in [6, 6.07) is 14.5. The summed E-state index contributed by atoms with van der Waals surface area (Å²) in [5, 5.41) is 0. The quantitative estimate of drug-likeness (QED) is 0.625. The lowest BCUT2D eigenvalue weighted by Crippen LogP contribution is -2.30. The summed E-state index contributed by atoms with van der Waals surface area (Å²) >= 11 is 3.38. The highest BCUT2D eigenvalue weighted by molar-refractivity contribution is 9.10. The van der Waals surface area contributed by atoms with Crippen LogP contribution < -0.4 is 9.64 Å². The van der Waals surface area contributed by atoms with Crippen LogP contribution in [0.3, 0.4) is 0 Å². The van der Waals surface area contributed by atoms with E-state index in [-0.39, 0.29) is 5.91 Å². The van der Waals surface area contributed by atoms with E-state index in [0.29, 0.717) is 23.7 Å². The topological polar surface area (TPSA) is 55.3 Å². The molecule has 0 aliphatic carbocycles. The normalized spacial score (nSPS) is 10.3. The third-order valence-electron chi connectivity index (χ3n) is 3.54. The molecule has 0 saturated heterocycles. The molecule has 0 spiro atoms. The average molecular weight is 398 g/mol. The molecule has 6 heteroatoms. The van der Waals surface area contributed by atoms with Gasteiger partial charge in [-0.3, -0.25) is 9.78 Å². The predicted octanol–water partition coefficient (Wildman–Crippen LogP) is 4.70. The number of amides is 1. The summed E-state index contributed by atoms with van der Waals surface area (Å²) in [6.07, 6.45) is 4.87. The van der Waals surface area contributed by atoms with Crippen LogP contribution in [0.1, 0.15) is 17.3 Å². The van der Waals surface area contributed by atoms with E-state index in [1.54, 1.807) is 35.5 Å². The molecule has 2 aromatic heterocycles. The van der Waals surface area contributed by atoms with Crippen LogP contribution in [0.15, 0.2) is 71.6 Å². The molecule has 0 fully saturated rings. The number of anilines is 1. The second-order valence-electron chi connectivity index (χ2n) is 5.20. The first-order valence-electron chi connectivity index (χ1n) is 7.78. The highest BCUT2D eigenvalue weighted by atomic mass is 79.9. The van der Waals surface area contributed by atoms with Gasteiger partial charge in [0, 0.05) is 29.5 Å². The van der Waals surface area contributed by atoms with Crippen molar-refractivity contribution < 1.29 is 9.53 Å². The van der Waals surface area contributed by atoms with Crippen molar-refractivity contribution in [3.05, 3.63) is 77.2 Å². The van der Waals surface area contributed by atoms with Gasteiger partial charge in [0.25, 0.3) is 5.91 Å². The highest BCUT2D eigenvalue weighted by Crippen LogP contribution is 2.22. The van der Waals surface area contributed by atoms with Gasteiger partial charge in [-0.2, -0.15) is 0 Å². The zero-order valence-corrected chi connectivity index (χ0v) is 15.2. The van der Waals surface area contributed by atoms with Crippen molar-refractivity contribution in [3.63, 3.8) is 0 Å². The van der Waals surface area contributed by atoms with E-state index in [9.17, 15) is 4.79 Å². The Labute approximate surface area is 154 Å². The summed E-state index contributed by atoms with van der Waals surface area (Å²) < 4.78 is 6.65. The zero-order valence-electron chi connectivity index (χ0n) is 13.6. The Bertz CT molecular complexity index is 837. The molecule has 1 aromatic carbocycles. The first kappa shape index (κ1) is 17.1. The number of benzene rings is 1. The minimum Gasteiger partial charge on any atom is -0.439 e. The fraction of sp³-hybridized carbons (Fsp3) is 0.105. The standard InChI is InChI=1S/C19H16BrN3O2/c1-2-23(16-4-3-11-21-13-16)19(24)14-5-10-18(22-12-14)25-17-8-6-15(20)7-9-17/h3-13H,2H2,1H3. The molecular formula is C19H16BrN3O2. The molecule has 0 unspecified atom stereocenters. The van der Waals surface area contributed by atoms with Crippen molar-refractivity contribution in [2.45, 2.75) is 6.92 Å². The third kappa shape index (κ3) is 4.22.